The second kappa shape index (κ2) is 16.4. The van der Waals surface area contributed by atoms with Crippen LogP contribution in [0.5, 0.6) is 0 Å². The van der Waals surface area contributed by atoms with Crippen LogP contribution in [-0.4, -0.2) is 101 Å². The molecule has 1 fully saturated rings. The third-order valence-corrected chi connectivity index (χ3v) is 7.88. The molecule has 0 spiro atoms. The van der Waals surface area contributed by atoms with Crippen molar-refractivity contribution in [3.63, 3.8) is 0 Å². The van der Waals surface area contributed by atoms with Crippen LogP contribution in [0, 0.1) is 11.7 Å². The van der Waals surface area contributed by atoms with Gasteiger partial charge in [0, 0.05) is 55.2 Å². The number of nitrogens with one attached hydrogen (secondary N) is 2. The first-order chi connectivity index (χ1) is 23.0. The van der Waals surface area contributed by atoms with Crippen LogP contribution in [0.3, 0.4) is 0 Å². The van der Waals surface area contributed by atoms with E-state index in [4.69, 9.17) is 7.85 Å². The fourth-order valence-corrected chi connectivity index (χ4v) is 5.19. The maximum Gasteiger partial charge on any atom is 0.325 e. The molecule has 48 heavy (non-hydrogen) atoms. The van der Waals surface area contributed by atoms with Gasteiger partial charge < -0.3 is 29.9 Å². The summed E-state index contributed by atoms with van der Waals surface area (Å²) >= 11 is 0. The number of hydrogen-bond donors (Lipinski definition) is 2. The Kier molecular flexibility index (Phi) is 12.1. The Balaban J connectivity index is 0.000000291. The van der Waals surface area contributed by atoms with Gasteiger partial charge in [-0.05, 0) is 36.6 Å². The normalized spacial score (nSPS) is 13.0. The number of hydrogen-bond acceptors (Lipinski definition) is 9. The van der Waals surface area contributed by atoms with Crippen molar-refractivity contribution in [3.05, 3.63) is 48.5 Å². The summed E-state index contributed by atoms with van der Waals surface area (Å²) in [6.45, 7) is 0.512. The van der Waals surface area contributed by atoms with E-state index >= 15 is 0 Å². The summed E-state index contributed by atoms with van der Waals surface area (Å²) in [5.41, 5.74) is 2.03. The largest absolute Gasteiger partial charge is 0.468 e. The number of nitrogens with zero attached hydrogens (tertiary/aromatic N) is 5. The molecule has 2 N–H and O–H groups in total. The topological polar surface area (TPSA) is 175 Å². The maximum atomic E-state index is 14.9. The molecule has 16 heteroatoms. The Morgan fingerprint density at radius 1 is 0.979 bits per heavy atom. The van der Waals surface area contributed by atoms with E-state index in [1.54, 1.807) is 53.3 Å². The van der Waals surface area contributed by atoms with E-state index < -0.39 is 23.5 Å². The first-order valence-electron chi connectivity index (χ1n) is 15.2. The van der Waals surface area contributed by atoms with Gasteiger partial charge in [0.1, 0.15) is 25.2 Å². The van der Waals surface area contributed by atoms with Crippen molar-refractivity contribution in [2.24, 2.45) is 13.0 Å². The number of fused-ring (bicyclic) bond motifs is 2. The molecule has 0 atom stereocenters. The molecule has 0 bridgehead atoms. The van der Waals surface area contributed by atoms with Crippen molar-refractivity contribution in [3.8, 4) is 11.1 Å². The van der Waals surface area contributed by atoms with Gasteiger partial charge in [-0.2, -0.15) is 10.2 Å². The first-order valence-corrected chi connectivity index (χ1v) is 15.2. The molecule has 0 aliphatic carbocycles. The lowest BCUT2D eigenvalue weighted by Crippen LogP contribution is -2.40. The molecule has 0 saturated carbocycles. The number of rotatable bonds is 11. The number of aldehydes is 1. The predicted octanol–water partition coefficient (Wildman–Crippen LogP) is 1.03. The number of benzene rings is 2. The SMILES string of the molecule is COC(=O)CNC(=O)CNC(=O)Cn1ncc2c(-c3cc4c(cnn4C)cc3F)cccc21.[B]C(=O)CCC(=O)N1CCC(C=O)CC1. The smallest absolute Gasteiger partial charge is 0.325 e. The van der Waals surface area contributed by atoms with Crippen LogP contribution < -0.4 is 10.6 Å². The molecule has 2 aromatic heterocycles. The minimum atomic E-state index is -0.590. The van der Waals surface area contributed by atoms with Gasteiger partial charge in [-0.15, -0.1) is 0 Å². The van der Waals surface area contributed by atoms with Gasteiger partial charge in [-0.1, -0.05) is 12.1 Å². The van der Waals surface area contributed by atoms with Gasteiger partial charge in [0.25, 0.3) is 0 Å². The Bertz CT molecular complexity index is 1830. The zero-order valence-corrected chi connectivity index (χ0v) is 26.6. The van der Waals surface area contributed by atoms with Crippen molar-refractivity contribution < 1.29 is 37.9 Å². The second-order valence-electron chi connectivity index (χ2n) is 11.1. The van der Waals surface area contributed by atoms with Crippen molar-refractivity contribution in [2.75, 3.05) is 33.3 Å². The van der Waals surface area contributed by atoms with Gasteiger partial charge in [0.2, 0.25) is 17.7 Å². The third kappa shape index (κ3) is 9.11. The molecule has 1 aliphatic rings. The summed E-state index contributed by atoms with van der Waals surface area (Å²) in [5, 5.41) is 14.6. The summed E-state index contributed by atoms with van der Waals surface area (Å²) in [5.74, 6) is -1.90. The number of aromatic nitrogens is 4. The average Bonchev–Trinajstić information content (AvgIpc) is 3.67. The van der Waals surface area contributed by atoms with Crippen LogP contribution in [-0.2, 0) is 47.1 Å². The van der Waals surface area contributed by atoms with Crippen molar-refractivity contribution in [1.29, 1.82) is 0 Å². The Morgan fingerprint density at radius 3 is 2.40 bits per heavy atom. The number of methoxy groups -OCH3 is 1. The molecule has 4 aromatic rings. The number of esters is 1. The molecular weight excluding hydrogens is 624 g/mol. The molecule has 1 saturated heterocycles. The molecule has 3 heterocycles. The highest BCUT2D eigenvalue weighted by molar-refractivity contribution is 6.57. The van der Waals surface area contributed by atoms with Crippen molar-refractivity contribution in [2.45, 2.75) is 32.2 Å². The maximum absolute atomic E-state index is 14.9. The lowest BCUT2D eigenvalue weighted by atomic mass is 9.96. The van der Waals surface area contributed by atoms with E-state index in [0.717, 1.165) is 24.6 Å². The fraction of sp³-hybridized carbons (Fsp3) is 0.375. The van der Waals surface area contributed by atoms with E-state index in [0.29, 0.717) is 40.5 Å². The third-order valence-electron chi connectivity index (χ3n) is 7.88. The number of carbonyl (C=O) groups is 6. The summed E-state index contributed by atoms with van der Waals surface area (Å²) in [6, 6.07) is 8.52. The Labute approximate surface area is 276 Å². The van der Waals surface area contributed by atoms with Gasteiger partial charge in [0.05, 0.1) is 42.8 Å². The lowest BCUT2D eigenvalue weighted by Gasteiger charge is -2.29. The lowest BCUT2D eigenvalue weighted by molar-refractivity contribution is -0.141. The number of carbonyl (C=O) groups excluding carboxylic acids is 6. The van der Waals surface area contributed by atoms with Crippen LogP contribution in [0.2, 0.25) is 0 Å². The molecular formula is C32H35BFN7O7. The van der Waals surface area contributed by atoms with Gasteiger partial charge in [-0.3, -0.25) is 28.5 Å². The van der Waals surface area contributed by atoms with E-state index in [2.05, 4.69) is 25.6 Å². The quantitative estimate of drug-likeness (QED) is 0.135. The zero-order valence-electron chi connectivity index (χ0n) is 26.6. The summed E-state index contributed by atoms with van der Waals surface area (Å²) < 4.78 is 22.5. The highest BCUT2D eigenvalue weighted by Crippen LogP contribution is 2.33. The number of amides is 3. The molecule has 5 rings (SSSR count). The minimum Gasteiger partial charge on any atom is -0.468 e. The van der Waals surface area contributed by atoms with Crippen LogP contribution in [0.25, 0.3) is 32.9 Å². The Morgan fingerprint density at radius 2 is 1.71 bits per heavy atom. The molecule has 250 valence electrons. The van der Waals surface area contributed by atoms with Gasteiger partial charge >= 0.3 is 5.97 Å². The fourth-order valence-electron chi connectivity index (χ4n) is 5.19. The first kappa shape index (κ1) is 35.4. The number of likely N-dealkylation sites (tertiary alicyclic amines) is 1. The molecule has 1 aliphatic heterocycles. The number of piperidine rings is 1. The van der Waals surface area contributed by atoms with Crippen molar-refractivity contribution >= 4 is 65.3 Å². The predicted molar refractivity (Wildman–Crippen MR) is 173 cm³/mol. The number of ether oxygens (including phenoxy) is 1. The summed E-state index contributed by atoms with van der Waals surface area (Å²) in [7, 11) is 7.96. The van der Waals surface area contributed by atoms with Gasteiger partial charge in [0.15, 0.2) is 7.85 Å². The highest BCUT2D eigenvalue weighted by atomic mass is 19.1. The summed E-state index contributed by atoms with van der Waals surface area (Å²) in [6.07, 6.45) is 5.87. The minimum absolute atomic E-state index is 0.0434. The van der Waals surface area contributed by atoms with E-state index in [1.807, 2.05) is 0 Å². The molecule has 0 unspecified atom stereocenters. The zero-order chi connectivity index (χ0) is 34.8. The molecule has 3 amide bonds. The second-order valence-corrected chi connectivity index (χ2v) is 11.1. The highest BCUT2D eigenvalue weighted by Gasteiger charge is 2.22. The molecule has 14 nitrogen and oxygen atoms in total. The van der Waals surface area contributed by atoms with Crippen LogP contribution in [0.4, 0.5) is 4.39 Å². The monoisotopic (exact) mass is 659 g/mol. The molecule has 2 radical (unpaired) electrons. The van der Waals surface area contributed by atoms with Crippen LogP contribution in [0.1, 0.15) is 25.7 Å². The summed E-state index contributed by atoms with van der Waals surface area (Å²) in [4.78, 5) is 69.3. The van der Waals surface area contributed by atoms with E-state index in [-0.39, 0.29) is 50.1 Å². The Hall–Kier alpha value is -5.41. The number of aryl methyl sites for hydroxylation is 1. The van der Waals surface area contributed by atoms with E-state index in [9.17, 15) is 33.2 Å². The van der Waals surface area contributed by atoms with E-state index in [1.165, 1.54) is 17.9 Å². The average molecular weight is 659 g/mol. The molecule has 2 aromatic carbocycles. The number of halogens is 1. The van der Waals surface area contributed by atoms with Crippen LogP contribution in [0.15, 0.2) is 42.7 Å². The van der Waals surface area contributed by atoms with Gasteiger partial charge in [-0.25, -0.2) is 4.39 Å². The van der Waals surface area contributed by atoms with Crippen molar-refractivity contribution in [1.82, 2.24) is 35.1 Å². The van der Waals surface area contributed by atoms with Crippen LogP contribution >= 0.6 is 0 Å². The standard InChI is InChI=1S/C22H21FN6O4.C10H14BNO3/c1-28-19-7-15(17(23)6-13(19)8-26-28)14-4-3-5-18-16(14)9-27-29(18)12-21(31)24-10-20(30)25-11-22(32)33-2;11-9(14)1-2-10(15)12-5-3-8(7-13)4-6-12/h3-9H,10-12H2,1-2H3,(H,24,31)(H,25,30);7-8H,1-6H2.